The molecule has 0 spiro atoms. The number of carbonyl (C=O) groups excluding carboxylic acids is 1. The highest BCUT2D eigenvalue weighted by Gasteiger charge is 2.48. The molecule has 2 fully saturated rings. The second-order valence-corrected chi connectivity index (χ2v) is 9.92. The fraction of sp³-hybridized carbons (Fsp3) is 0.296. The Bertz CT molecular complexity index is 1550. The van der Waals surface area contributed by atoms with Crippen LogP contribution >= 0.6 is 11.6 Å². The van der Waals surface area contributed by atoms with E-state index in [0.29, 0.717) is 52.3 Å². The van der Waals surface area contributed by atoms with E-state index in [9.17, 15) is 4.79 Å². The van der Waals surface area contributed by atoms with Gasteiger partial charge in [-0.1, -0.05) is 17.7 Å². The van der Waals surface area contributed by atoms with Crippen molar-refractivity contribution in [3.63, 3.8) is 0 Å². The second-order valence-electron chi connectivity index (χ2n) is 9.51. The number of aromatic amines is 1. The van der Waals surface area contributed by atoms with Gasteiger partial charge < -0.3 is 29.8 Å². The first kappa shape index (κ1) is 22.4. The third-order valence-electron chi connectivity index (χ3n) is 7.17. The number of ether oxygens (including phenoxy) is 3. The van der Waals surface area contributed by atoms with E-state index >= 15 is 0 Å². The zero-order valence-electron chi connectivity index (χ0n) is 20.0. The Hall–Kier alpha value is -3.82. The second kappa shape index (κ2) is 8.64. The largest absolute Gasteiger partial charge is 0.493 e. The number of H-pyrrole nitrogens is 1. The van der Waals surface area contributed by atoms with E-state index in [1.807, 2.05) is 30.3 Å². The lowest BCUT2D eigenvalue weighted by Gasteiger charge is -2.17. The fourth-order valence-corrected chi connectivity index (χ4v) is 5.53. The quantitative estimate of drug-likeness (QED) is 0.337. The molecule has 1 aliphatic carbocycles. The molecule has 1 saturated heterocycles. The number of aromatic nitrogens is 3. The van der Waals surface area contributed by atoms with Crippen molar-refractivity contribution in [3.8, 4) is 22.9 Å². The molecule has 9 nitrogen and oxygen atoms in total. The van der Waals surface area contributed by atoms with Crippen LogP contribution in [0.15, 0.2) is 42.6 Å². The van der Waals surface area contributed by atoms with Crippen molar-refractivity contribution >= 4 is 39.9 Å². The third-order valence-corrected chi connectivity index (χ3v) is 7.47. The monoisotopic (exact) mass is 517 g/mol. The first-order valence-corrected chi connectivity index (χ1v) is 12.7. The van der Waals surface area contributed by atoms with Crippen LogP contribution in [-0.4, -0.2) is 53.3 Å². The number of halogens is 1. The summed E-state index contributed by atoms with van der Waals surface area (Å²) in [7, 11) is 1.57. The van der Waals surface area contributed by atoms with Gasteiger partial charge in [0, 0.05) is 41.9 Å². The molecular formula is C27H24ClN5O4. The minimum atomic E-state index is -0.115. The Morgan fingerprint density at radius 1 is 1.22 bits per heavy atom. The molecule has 188 valence electrons. The molecule has 0 bridgehead atoms. The summed E-state index contributed by atoms with van der Waals surface area (Å²) in [5.41, 5.74) is 5.76. The number of carbonyl (C=O) groups is 1. The minimum Gasteiger partial charge on any atom is -0.493 e. The Morgan fingerprint density at radius 3 is 2.97 bits per heavy atom. The van der Waals surface area contributed by atoms with E-state index in [0.717, 1.165) is 35.3 Å². The van der Waals surface area contributed by atoms with Gasteiger partial charge in [0.1, 0.15) is 11.6 Å². The topological polar surface area (TPSA) is 110 Å². The van der Waals surface area contributed by atoms with Crippen LogP contribution in [0.1, 0.15) is 34.8 Å². The molecule has 0 unspecified atom stereocenters. The van der Waals surface area contributed by atoms with Gasteiger partial charge in [-0.25, -0.2) is 4.98 Å². The van der Waals surface area contributed by atoms with E-state index in [2.05, 4.69) is 20.6 Å². The molecule has 2 aliphatic heterocycles. The highest BCUT2D eigenvalue weighted by molar-refractivity contribution is 6.32. The van der Waals surface area contributed by atoms with Crippen LogP contribution in [0.3, 0.4) is 0 Å². The molecule has 5 heterocycles. The van der Waals surface area contributed by atoms with Gasteiger partial charge in [0.2, 0.25) is 5.88 Å². The van der Waals surface area contributed by atoms with Crippen molar-refractivity contribution in [2.24, 2.45) is 0 Å². The molecule has 1 aromatic carbocycles. The van der Waals surface area contributed by atoms with E-state index in [1.54, 1.807) is 19.4 Å². The number of fused-ring (bicyclic) bond motifs is 4. The van der Waals surface area contributed by atoms with Crippen LogP contribution in [-0.2, 0) is 4.74 Å². The summed E-state index contributed by atoms with van der Waals surface area (Å²) >= 11 is 6.40. The SMILES string of the molecule is COc1c(Cl)cccc1Nc1c(-c2ccnc3ccc(O[C@H]4CCOC4)nc23)[nH]c2c1C(=O)N[C@H]1C[C@@H]21. The van der Waals surface area contributed by atoms with Crippen LogP contribution in [0.5, 0.6) is 11.6 Å². The first-order valence-electron chi connectivity index (χ1n) is 12.3. The van der Waals surface area contributed by atoms with Crippen molar-refractivity contribution < 1.29 is 19.0 Å². The lowest BCUT2D eigenvalue weighted by atomic mass is 10.0. The third kappa shape index (κ3) is 3.77. The highest BCUT2D eigenvalue weighted by atomic mass is 35.5. The molecule has 3 atom stereocenters. The Morgan fingerprint density at radius 2 is 2.14 bits per heavy atom. The average Bonchev–Trinajstić information content (AvgIpc) is 3.30. The number of methoxy groups -OCH3 is 1. The van der Waals surface area contributed by atoms with Gasteiger partial charge in [-0.05, 0) is 30.7 Å². The number of rotatable bonds is 6. The van der Waals surface area contributed by atoms with Gasteiger partial charge in [-0.2, -0.15) is 0 Å². The number of anilines is 2. The van der Waals surface area contributed by atoms with E-state index < -0.39 is 0 Å². The maximum atomic E-state index is 13.2. The smallest absolute Gasteiger partial charge is 0.255 e. The highest BCUT2D eigenvalue weighted by Crippen LogP contribution is 2.51. The first-order chi connectivity index (χ1) is 18.1. The van der Waals surface area contributed by atoms with Crippen molar-refractivity contribution in [1.82, 2.24) is 20.3 Å². The molecule has 3 aromatic heterocycles. The molecule has 1 saturated carbocycles. The Kier molecular flexibility index (Phi) is 5.23. The lowest BCUT2D eigenvalue weighted by molar-refractivity contribution is 0.0944. The summed E-state index contributed by atoms with van der Waals surface area (Å²) in [4.78, 5) is 26.1. The molecule has 37 heavy (non-hydrogen) atoms. The van der Waals surface area contributed by atoms with E-state index in [4.69, 9.17) is 30.8 Å². The normalized spacial score (nSPS) is 21.8. The minimum absolute atomic E-state index is 0.0223. The molecule has 3 aliphatic rings. The molecule has 10 heteroatoms. The van der Waals surface area contributed by atoms with E-state index in [1.165, 1.54) is 0 Å². The zero-order chi connectivity index (χ0) is 25.1. The van der Waals surface area contributed by atoms with Gasteiger partial charge in [0.05, 0.1) is 53.5 Å². The van der Waals surface area contributed by atoms with Crippen molar-refractivity contribution in [1.29, 1.82) is 0 Å². The van der Waals surface area contributed by atoms with Crippen LogP contribution in [0.4, 0.5) is 11.4 Å². The maximum absolute atomic E-state index is 13.2. The molecule has 3 N–H and O–H groups in total. The predicted molar refractivity (Wildman–Crippen MR) is 139 cm³/mol. The lowest BCUT2D eigenvalue weighted by Crippen LogP contribution is -2.31. The summed E-state index contributed by atoms with van der Waals surface area (Å²) in [6.07, 6.45) is 3.46. The number of amides is 1. The number of hydrogen-bond acceptors (Lipinski definition) is 7. The number of nitrogens with one attached hydrogen (secondary N) is 3. The standard InChI is InChI=1S/C27H24ClN5O4/c1-35-26-16(28)3-2-4-18(26)30-25-21-23(15-11-19(15)31-27(21)34)33-24(25)14-7-9-29-17-5-6-20(32-22(14)17)37-13-8-10-36-12-13/h2-7,9,13,15,19,30,33H,8,10-12H2,1H3,(H,31,34)/t13-,15+,19-/m0/s1. The van der Waals surface area contributed by atoms with Gasteiger partial charge in [-0.15, -0.1) is 0 Å². The summed E-state index contributed by atoms with van der Waals surface area (Å²) in [5, 5.41) is 7.03. The summed E-state index contributed by atoms with van der Waals surface area (Å²) in [6, 6.07) is 11.3. The van der Waals surface area contributed by atoms with Crippen molar-refractivity contribution in [2.45, 2.75) is 30.9 Å². The van der Waals surface area contributed by atoms with Gasteiger partial charge in [-0.3, -0.25) is 9.78 Å². The Labute approximate surface area is 217 Å². The van der Waals surface area contributed by atoms with Gasteiger partial charge >= 0.3 is 0 Å². The zero-order valence-corrected chi connectivity index (χ0v) is 20.8. The summed E-state index contributed by atoms with van der Waals surface area (Å²) < 4.78 is 17.1. The predicted octanol–water partition coefficient (Wildman–Crippen LogP) is 4.80. The van der Waals surface area contributed by atoms with E-state index in [-0.39, 0.29) is 24.0 Å². The van der Waals surface area contributed by atoms with Gasteiger partial charge in [0.15, 0.2) is 5.75 Å². The summed E-state index contributed by atoms with van der Waals surface area (Å²) in [6.45, 7) is 1.24. The van der Waals surface area contributed by atoms with Crippen molar-refractivity contribution in [2.75, 3.05) is 25.6 Å². The summed E-state index contributed by atoms with van der Waals surface area (Å²) in [5.74, 6) is 1.15. The molecular weight excluding hydrogens is 494 g/mol. The van der Waals surface area contributed by atoms with Gasteiger partial charge in [0.25, 0.3) is 5.91 Å². The van der Waals surface area contributed by atoms with Crippen molar-refractivity contribution in [3.05, 3.63) is 58.9 Å². The molecule has 7 rings (SSSR count). The molecule has 0 radical (unpaired) electrons. The number of hydrogen-bond donors (Lipinski definition) is 3. The molecule has 1 amide bonds. The Balaban J connectivity index is 1.39. The van der Waals surface area contributed by atoms with Crippen LogP contribution in [0, 0.1) is 0 Å². The van der Waals surface area contributed by atoms with Crippen LogP contribution < -0.4 is 20.1 Å². The van der Waals surface area contributed by atoms with Crippen LogP contribution in [0.2, 0.25) is 5.02 Å². The fourth-order valence-electron chi connectivity index (χ4n) is 5.28. The number of nitrogens with zero attached hydrogens (tertiary/aromatic N) is 2. The number of benzene rings is 1. The number of para-hydroxylation sites is 1. The number of pyridine rings is 2. The van der Waals surface area contributed by atoms with Crippen LogP contribution in [0.25, 0.3) is 22.3 Å². The maximum Gasteiger partial charge on any atom is 0.255 e. The average molecular weight is 518 g/mol. The molecule has 4 aromatic rings.